The summed E-state index contributed by atoms with van der Waals surface area (Å²) < 4.78 is 5.11. The van der Waals surface area contributed by atoms with Gasteiger partial charge in [0.2, 0.25) is 0 Å². The summed E-state index contributed by atoms with van der Waals surface area (Å²) in [6, 6.07) is 5.21. The summed E-state index contributed by atoms with van der Waals surface area (Å²) in [5.74, 6) is -0.0989. The van der Waals surface area contributed by atoms with Gasteiger partial charge < -0.3 is 9.84 Å². The highest BCUT2D eigenvalue weighted by molar-refractivity contribution is 6.32. The summed E-state index contributed by atoms with van der Waals surface area (Å²) in [5.41, 5.74) is 1.01. The molecule has 5 heteroatoms. The molecule has 2 rings (SSSR count). The Morgan fingerprint density at radius 3 is 2.95 bits per heavy atom. The lowest BCUT2D eigenvalue weighted by molar-refractivity contribution is -0.144. The summed E-state index contributed by atoms with van der Waals surface area (Å²) >= 11 is 6.09. The molecule has 1 aromatic carbocycles. The third-order valence-corrected chi connectivity index (χ3v) is 3.80. The molecule has 1 aliphatic heterocycles. The van der Waals surface area contributed by atoms with Crippen molar-refractivity contribution in [2.75, 3.05) is 13.7 Å². The molecule has 0 saturated carbocycles. The van der Waals surface area contributed by atoms with E-state index in [9.17, 15) is 9.90 Å². The smallest absolute Gasteiger partial charge is 0.320 e. The summed E-state index contributed by atoms with van der Waals surface area (Å²) in [5, 5.41) is 9.79. The third-order valence-electron chi connectivity index (χ3n) is 3.50. The molecule has 0 radical (unpaired) electrons. The second kappa shape index (κ2) is 6.26. The van der Waals surface area contributed by atoms with Crippen molar-refractivity contribution in [3.63, 3.8) is 0 Å². The molecule has 0 amide bonds. The van der Waals surface area contributed by atoms with Gasteiger partial charge in [-0.1, -0.05) is 24.1 Å². The summed E-state index contributed by atoms with van der Waals surface area (Å²) in [7, 11) is 1.58. The van der Waals surface area contributed by atoms with E-state index in [1.807, 2.05) is 23.1 Å². The molecule has 19 heavy (non-hydrogen) atoms. The van der Waals surface area contributed by atoms with E-state index in [4.69, 9.17) is 16.3 Å². The van der Waals surface area contributed by atoms with Crippen LogP contribution >= 0.6 is 11.6 Å². The fourth-order valence-corrected chi connectivity index (χ4v) is 2.78. The zero-order chi connectivity index (χ0) is 13.8. The predicted octanol–water partition coefficient (Wildman–Crippen LogP) is 2.79. The van der Waals surface area contributed by atoms with Gasteiger partial charge in [0.25, 0.3) is 0 Å². The minimum atomic E-state index is -0.737. The molecule has 1 heterocycles. The molecule has 104 valence electrons. The molecule has 1 aliphatic rings. The van der Waals surface area contributed by atoms with Gasteiger partial charge in [0.05, 0.1) is 12.1 Å². The Morgan fingerprint density at radius 2 is 2.32 bits per heavy atom. The Morgan fingerprint density at radius 1 is 1.53 bits per heavy atom. The maximum absolute atomic E-state index is 11.2. The number of aliphatic carboxylic acids is 1. The monoisotopic (exact) mass is 283 g/mol. The number of piperidine rings is 1. The van der Waals surface area contributed by atoms with Crippen LogP contribution in [0.25, 0.3) is 0 Å². The van der Waals surface area contributed by atoms with Gasteiger partial charge >= 0.3 is 5.97 Å². The molecule has 1 unspecified atom stereocenters. The van der Waals surface area contributed by atoms with E-state index in [-0.39, 0.29) is 6.04 Å². The summed E-state index contributed by atoms with van der Waals surface area (Å²) in [6.07, 6.45) is 2.75. The lowest BCUT2D eigenvalue weighted by Gasteiger charge is -2.32. The van der Waals surface area contributed by atoms with Gasteiger partial charge in [-0.25, -0.2) is 0 Å². The van der Waals surface area contributed by atoms with Crippen molar-refractivity contribution in [2.24, 2.45) is 0 Å². The van der Waals surface area contributed by atoms with Gasteiger partial charge in [-0.05, 0) is 37.1 Å². The van der Waals surface area contributed by atoms with E-state index < -0.39 is 5.97 Å². The molecule has 1 atom stereocenters. The number of rotatable bonds is 4. The third kappa shape index (κ3) is 3.39. The van der Waals surface area contributed by atoms with Gasteiger partial charge in [0.15, 0.2) is 0 Å². The minimum absolute atomic E-state index is 0.380. The molecule has 1 N–H and O–H groups in total. The Bertz CT molecular complexity index is 464. The van der Waals surface area contributed by atoms with Crippen molar-refractivity contribution in [3.8, 4) is 5.75 Å². The standard InChI is InChI=1S/C14H18ClNO3/c1-19-13-6-5-10(8-11(13)15)9-16-7-3-2-4-12(16)14(17)18/h5-6,8,12H,2-4,7,9H2,1H3,(H,17,18). The molecule has 1 saturated heterocycles. The molecule has 0 aromatic heterocycles. The number of methoxy groups -OCH3 is 1. The van der Waals surface area contributed by atoms with Crippen molar-refractivity contribution in [1.82, 2.24) is 4.90 Å². The number of benzene rings is 1. The first-order valence-electron chi connectivity index (χ1n) is 6.41. The van der Waals surface area contributed by atoms with Crippen LogP contribution < -0.4 is 4.74 Å². The van der Waals surface area contributed by atoms with Crippen LogP contribution in [0, 0.1) is 0 Å². The highest BCUT2D eigenvalue weighted by atomic mass is 35.5. The highest BCUT2D eigenvalue weighted by Gasteiger charge is 2.28. The van der Waals surface area contributed by atoms with E-state index in [2.05, 4.69) is 0 Å². The van der Waals surface area contributed by atoms with Crippen LogP contribution in [0.4, 0.5) is 0 Å². The second-order valence-corrected chi connectivity index (χ2v) is 5.20. The molecule has 0 bridgehead atoms. The van der Waals surface area contributed by atoms with Gasteiger partial charge in [-0.3, -0.25) is 9.69 Å². The maximum Gasteiger partial charge on any atom is 0.320 e. The Labute approximate surface area is 117 Å². The van der Waals surface area contributed by atoms with E-state index in [1.54, 1.807) is 7.11 Å². The van der Waals surface area contributed by atoms with Gasteiger partial charge in [-0.15, -0.1) is 0 Å². The molecular formula is C14H18ClNO3. The lowest BCUT2D eigenvalue weighted by atomic mass is 10.0. The number of nitrogens with zero attached hydrogens (tertiary/aromatic N) is 1. The van der Waals surface area contributed by atoms with Crippen molar-refractivity contribution >= 4 is 17.6 Å². The fraction of sp³-hybridized carbons (Fsp3) is 0.500. The SMILES string of the molecule is COc1ccc(CN2CCCCC2C(=O)O)cc1Cl. The predicted molar refractivity (Wildman–Crippen MR) is 73.7 cm³/mol. The average Bonchev–Trinajstić information content (AvgIpc) is 2.39. The molecule has 0 aliphatic carbocycles. The largest absolute Gasteiger partial charge is 0.495 e. The van der Waals surface area contributed by atoms with Crippen molar-refractivity contribution < 1.29 is 14.6 Å². The van der Waals surface area contributed by atoms with Gasteiger partial charge in [0, 0.05) is 6.54 Å². The first kappa shape index (κ1) is 14.2. The zero-order valence-electron chi connectivity index (χ0n) is 10.9. The van der Waals surface area contributed by atoms with Crippen LogP contribution in [-0.4, -0.2) is 35.7 Å². The van der Waals surface area contributed by atoms with E-state index in [1.165, 1.54) is 0 Å². The first-order chi connectivity index (χ1) is 9.11. The van der Waals surface area contributed by atoms with E-state index >= 15 is 0 Å². The molecular weight excluding hydrogens is 266 g/mol. The number of halogens is 1. The lowest BCUT2D eigenvalue weighted by Crippen LogP contribution is -2.43. The topological polar surface area (TPSA) is 49.8 Å². The molecule has 1 aromatic rings. The number of hydrogen-bond donors (Lipinski definition) is 1. The average molecular weight is 284 g/mol. The number of ether oxygens (including phenoxy) is 1. The van der Waals surface area contributed by atoms with Crippen LogP contribution in [0.1, 0.15) is 24.8 Å². The van der Waals surface area contributed by atoms with Gasteiger partial charge in [0.1, 0.15) is 11.8 Å². The number of likely N-dealkylation sites (tertiary alicyclic amines) is 1. The van der Waals surface area contributed by atoms with E-state index in [0.29, 0.717) is 17.3 Å². The minimum Gasteiger partial charge on any atom is -0.495 e. The fourth-order valence-electron chi connectivity index (χ4n) is 2.50. The number of hydrogen-bond acceptors (Lipinski definition) is 3. The first-order valence-corrected chi connectivity index (χ1v) is 6.79. The van der Waals surface area contributed by atoms with E-state index in [0.717, 1.165) is 31.4 Å². The normalized spacial score (nSPS) is 20.2. The second-order valence-electron chi connectivity index (χ2n) is 4.79. The van der Waals surface area contributed by atoms with Crippen LogP contribution in [0.5, 0.6) is 5.75 Å². The van der Waals surface area contributed by atoms with Crippen molar-refractivity contribution in [3.05, 3.63) is 28.8 Å². The van der Waals surface area contributed by atoms with Crippen LogP contribution in [0.15, 0.2) is 18.2 Å². The summed E-state index contributed by atoms with van der Waals surface area (Å²) in [4.78, 5) is 13.2. The van der Waals surface area contributed by atoms with Crippen molar-refractivity contribution in [1.29, 1.82) is 0 Å². The summed E-state index contributed by atoms with van der Waals surface area (Å²) in [6.45, 7) is 1.43. The van der Waals surface area contributed by atoms with Crippen LogP contribution in [0.3, 0.4) is 0 Å². The molecule has 0 spiro atoms. The Kier molecular flexibility index (Phi) is 4.66. The molecule has 1 fully saturated rings. The number of carboxylic acid groups (broad SMARTS) is 1. The van der Waals surface area contributed by atoms with Crippen LogP contribution in [-0.2, 0) is 11.3 Å². The Hall–Kier alpha value is -1.26. The highest BCUT2D eigenvalue weighted by Crippen LogP contribution is 2.27. The maximum atomic E-state index is 11.2. The van der Waals surface area contributed by atoms with Gasteiger partial charge in [-0.2, -0.15) is 0 Å². The van der Waals surface area contributed by atoms with Crippen LogP contribution in [0.2, 0.25) is 5.02 Å². The van der Waals surface area contributed by atoms with Crippen molar-refractivity contribution in [2.45, 2.75) is 31.8 Å². The zero-order valence-corrected chi connectivity index (χ0v) is 11.7. The quantitative estimate of drug-likeness (QED) is 0.923. The molecule has 4 nitrogen and oxygen atoms in total. The number of carboxylic acids is 1. The Balaban J connectivity index is 2.10. The number of carbonyl (C=O) groups is 1.